The van der Waals surface area contributed by atoms with Crippen LogP contribution in [0.1, 0.15) is 22.1 Å². The van der Waals surface area contributed by atoms with Crippen molar-refractivity contribution in [1.82, 2.24) is 20.4 Å². The van der Waals surface area contributed by atoms with Gasteiger partial charge in [-0.1, -0.05) is 35.5 Å². The van der Waals surface area contributed by atoms with Gasteiger partial charge in [-0.05, 0) is 17.7 Å². The highest BCUT2D eigenvalue weighted by atomic mass is 16.6. The summed E-state index contributed by atoms with van der Waals surface area (Å²) in [6.45, 7) is -0.354. The van der Waals surface area contributed by atoms with Crippen LogP contribution in [0.3, 0.4) is 0 Å². The predicted molar refractivity (Wildman–Crippen MR) is 99.4 cm³/mol. The van der Waals surface area contributed by atoms with Crippen molar-refractivity contribution in [2.45, 2.75) is 6.04 Å². The molecule has 3 amide bonds. The monoisotopic (exact) mass is 392 g/mol. The van der Waals surface area contributed by atoms with Crippen LogP contribution in [0.5, 0.6) is 0 Å². The third-order valence-electron chi connectivity index (χ3n) is 4.40. The summed E-state index contributed by atoms with van der Waals surface area (Å²) in [5, 5.41) is 6.62. The molecular formula is C20H16N4O5. The third-order valence-corrected chi connectivity index (χ3v) is 4.40. The van der Waals surface area contributed by atoms with E-state index in [0.717, 1.165) is 10.5 Å². The summed E-state index contributed by atoms with van der Waals surface area (Å²) in [7, 11) is 0. The number of carbonyl (C=O) groups is 3. The standard InChI is InChI=1S/C20H16N4O5/c25-18-12-28-20(27)24(18)11-16(13-5-2-1-3-6-13)22-19(26)15-9-17(29-23-15)14-7-4-8-21-10-14/h1-10,16H,11-12H2,(H,22,26). The van der Waals surface area contributed by atoms with E-state index in [1.54, 1.807) is 48.8 Å². The van der Waals surface area contributed by atoms with Crippen LogP contribution in [-0.4, -0.2) is 46.1 Å². The number of ether oxygens (including phenoxy) is 1. The summed E-state index contributed by atoms with van der Waals surface area (Å²) in [6.07, 6.45) is 2.49. The normalized spacial score (nSPS) is 14.6. The molecule has 1 fully saturated rings. The quantitative estimate of drug-likeness (QED) is 0.684. The van der Waals surface area contributed by atoms with Crippen LogP contribution in [0.15, 0.2) is 65.4 Å². The molecule has 1 atom stereocenters. The number of imide groups is 1. The molecule has 0 saturated carbocycles. The molecule has 0 radical (unpaired) electrons. The van der Waals surface area contributed by atoms with Gasteiger partial charge in [0.2, 0.25) is 0 Å². The molecule has 146 valence electrons. The molecule has 0 spiro atoms. The van der Waals surface area contributed by atoms with Crippen molar-refractivity contribution >= 4 is 17.9 Å². The van der Waals surface area contributed by atoms with Gasteiger partial charge in [-0.3, -0.25) is 14.6 Å². The van der Waals surface area contributed by atoms with Gasteiger partial charge in [0.1, 0.15) is 0 Å². The Hall–Kier alpha value is -4.01. The summed E-state index contributed by atoms with van der Waals surface area (Å²) in [4.78, 5) is 41.4. The number of rotatable bonds is 6. The first-order valence-electron chi connectivity index (χ1n) is 8.82. The minimum Gasteiger partial charge on any atom is -0.439 e. The Morgan fingerprint density at radius 3 is 2.69 bits per heavy atom. The zero-order valence-corrected chi connectivity index (χ0v) is 15.1. The van der Waals surface area contributed by atoms with Crippen LogP contribution >= 0.6 is 0 Å². The van der Waals surface area contributed by atoms with Crippen LogP contribution < -0.4 is 5.32 Å². The first kappa shape index (κ1) is 18.4. The molecule has 1 aliphatic rings. The van der Waals surface area contributed by atoms with Crippen LogP contribution in [0, 0.1) is 0 Å². The molecule has 4 rings (SSSR count). The largest absolute Gasteiger partial charge is 0.439 e. The van der Waals surface area contributed by atoms with Crippen LogP contribution in [0.25, 0.3) is 11.3 Å². The van der Waals surface area contributed by atoms with Gasteiger partial charge in [0, 0.05) is 24.0 Å². The summed E-state index contributed by atoms with van der Waals surface area (Å²) in [5.41, 5.74) is 1.48. The number of nitrogens with one attached hydrogen (secondary N) is 1. The van der Waals surface area contributed by atoms with E-state index in [1.807, 2.05) is 6.07 Å². The minimum absolute atomic E-state index is 0.0548. The lowest BCUT2D eigenvalue weighted by Gasteiger charge is -2.22. The van der Waals surface area contributed by atoms with Crippen molar-refractivity contribution in [3.8, 4) is 11.3 Å². The smallest absolute Gasteiger partial charge is 0.417 e. The second-order valence-electron chi connectivity index (χ2n) is 6.31. The number of hydrogen-bond acceptors (Lipinski definition) is 7. The fraction of sp³-hybridized carbons (Fsp3) is 0.150. The van der Waals surface area contributed by atoms with Crippen molar-refractivity contribution in [2.24, 2.45) is 0 Å². The van der Waals surface area contributed by atoms with E-state index in [-0.39, 0.29) is 18.8 Å². The number of hydrogen-bond donors (Lipinski definition) is 1. The lowest BCUT2D eigenvalue weighted by atomic mass is 10.1. The lowest BCUT2D eigenvalue weighted by molar-refractivity contribution is -0.126. The van der Waals surface area contributed by atoms with E-state index >= 15 is 0 Å². The fourth-order valence-electron chi connectivity index (χ4n) is 2.92. The molecule has 1 unspecified atom stereocenters. The van der Waals surface area contributed by atoms with E-state index < -0.39 is 23.9 Å². The average Bonchev–Trinajstić information content (AvgIpc) is 3.37. The van der Waals surface area contributed by atoms with Gasteiger partial charge >= 0.3 is 6.09 Å². The number of nitrogens with zero attached hydrogens (tertiary/aromatic N) is 3. The summed E-state index contributed by atoms with van der Waals surface area (Å²) in [5.74, 6) is -0.555. The summed E-state index contributed by atoms with van der Waals surface area (Å²) in [6, 6.07) is 13.4. The Bertz CT molecular complexity index is 1020. The van der Waals surface area contributed by atoms with Crippen LogP contribution in [0.2, 0.25) is 0 Å². The highest BCUT2D eigenvalue weighted by molar-refractivity contribution is 5.98. The van der Waals surface area contributed by atoms with E-state index in [4.69, 9.17) is 9.26 Å². The molecule has 0 bridgehead atoms. The molecule has 9 heteroatoms. The van der Waals surface area contributed by atoms with Crippen molar-refractivity contribution in [1.29, 1.82) is 0 Å². The van der Waals surface area contributed by atoms with E-state index in [0.29, 0.717) is 11.3 Å². The number of pyridine rings is 1. The van der Waals surface area contributed by atoms with Gasteiger partial charge in [0.15, 0.2) is 18.1 Å². The number of carbonyl (C=O) groups excluding carboxylic acids is 3. The van der Waals surface area contributed by atoms with E-state index in [1.165, 1.54) is 6.07 Å². The molecule has 29 heavy (non-hydrogen) atoms. The average molecular weight is 392 g/mol. The minimum atomic E-state index is -0.731. The number of aromatic nitrogens is 2. The van der Waals surface area contributed by atoms with Crippen molar-refractivity contribution in [3.05, 3.63) is 72.2 Å². The Morgan fingerprint density at radius 1 is 1.17 bits per heavy atom. The molecular weight excluding hydrogens is 376 g/mol. The van der Waals surface area contributed by atoms with Gasteiger partial charge < -0.3 is 14.6 Å². The molecule has 9 nitrogen and oxygen atoms in total. The summed E-state index contributed by atoms with van der Waals surface area (Å²) < 4.78 is 9.99. The van der Waals surface area contributed by atoms with Gasteiger partial charge in [0.05, 0.1) is 12.6 Å². The lowest BCUT2D eigenvalue weighted by Crippen LogP contribution is -2.40. The summed E-state index contributed by atoms with van der Waals surface area (Å²) >= 11 is 0. The fourth-order valence-corrected chi connectivity index (χ4v) is 2.92. The predicted octanol–water partition coefficient (Wildman–Crippen LogP) is 2.19. The maximum Gasteiger partial charge on any atom is 0.417 e. The Morgan fingerprint density at radius 2 is 2.00 bits per heavy atom. The maximum absolute atomic E-state index is 12.7. The van der Waals surface area contributed by atoms with Crippen molar-refractivity contribution in [2.75, 3.05) is 13.2 Å². The van der Waals surface area contributed by atoms with E-state index in [9.17, 15) is 14.4 Å². The highest BCUT2D eigenvalue weighted by Gasteiger charge is 2.34. The van der Waals surface area contributed by atoms with Gasteiger partial charge in [-0.15, -0.1) is 0 Å². The third kappa shape index (κ3) is 3.98. The molecule has 1 N–H and O–H groups in total. The second kappa shape index (κ2) is 7.93. The van der Waals surface area contributed by atoms with Crippen molar-refractivity contribution < 1.29 is 23.6 Å². The zero-order chi connectivity index (χ0) is 20.2. The van der Waals surface area contributed by atoms with Gasteiger partial charge in [-0.25, -0.2) is 9.69 Å². The number of cyclic esters (lactones) is 1. The zero-order valence-electron chi connectivity index (χ0n) is 15.1. The van der Waals surface area contributed by atoms with Crippen LogP contribution in [0.4, 0.5) is 4.79 Å². The number of amides is 3. The first-order chi connectivity index (χ1) is 14.1. The molecule has 1 aromatic carbocycles. The molecule has 1 aliphatic heterocycles. The Kier molecular flexibility index (Phi) is 5.02. The Labute approximate surface area is 165 Å². The molecule has 3 heterocycles. The Balaban J connectivity index is 1.54. The maximum atomic E-state index is 12.7. The van der Waals surface area contributed by atoms with Gasteiger partial charge in [0.25, 0.3) is 11.8 Å². The first-order valence-corrected chi connectivity index (χ1v) is 8.82. The molecule has 1 saturated heterocycles. The SMILES string of the molecule is O=C(NC(CN1C(=O)COC1=O)c1ccccc1)c1cc(-c2cccnc2)on1. The molecule has 2 aromatic heterocycles. The van der Waals surface area contributed by atoms with E-state index in [2.05, 4.69) is 15.5 Å². The van der Waals surface area contributed by atoms with Crippen LogP contribution in [-0.2, 0) is 9.53 Å². The van der Waals surface area contributed by atoms with Gasteiger partial charge in [-0.2, -0.15) is 0 Å². The molecule has 0 aliphatic carbocycles. The van der Waals surface area contributed by atoms with Crippen molar-refractivity contribution in [3.63, 3.8) is 0 Å². The highest BCUT2D eigenvalue weighted by Crippen LogP contribution is 2.21. The topological polar surface area (TPSA) is 115 Å². The second-order valence-corrected chi connectivity index (χ2v) is 6.31. The number of benzene rings is 1. The molecule has 3 aromatic rings.